The monoisotopic (exact) mass is 348 g/mol. The van der Waals surface area contributed by atoms with E-state index in [2.05, 4.69) is 41.0 Å². The van der Waals surface area contributed by atoms with Gasteiger partial charge in [-0.25, -0.2) is 0 Å². The van der Waals surface area contributed by atoms with Crippen LogP contribution in [0.3, 0.4) is 0 Å². The van der Waals surface area contributed by atoms with Crippen LogP contribution in [0.2, 0.25) is 0 Å². The van der Waals surface area contributed by atoms with Gasteiger partial charge >= 0.3 is 0 Å². The smallest absolute Gasteiger partial charge is 0.242 e. The Kier molecular flexibility index (Phi) is 5.79. The van der Waals surface area contributed by atoms with Gasteiger partial charge in [-0.15, -0.1) is 0 Å². The zero-order chi connectivity index (χ0) is 18.0. The van der Waals surface area contributed by atoms with Crippen molar-refractivity contribution in [1.82, 2.24) is 15.0 Å². The number of carbonyl (C=O) groups is 1. The molecular weight excluding hydrogens is 316 g/mol. The van der Waals surface area contributed by atoms with Crippen LogP contribution in [0.25, 0.3) is 0 Å². The van der Waals surface area contributed by atoms with E-state index in [4.69, 9.17) is 4.52 Å². The Morgan fingerprint density at radius 1 is 1.36 bits per heavy atom. The van der Waals surface area contributed by atoms with E-state index in [9.17, 15) is 4.79 Å². The standard InChI is InChI=1S/C19H32N4O2/c1-5-17(19(24)20-18-11-15(4)25-21-18)22-10-6-7-16(12-22)23-13(2)8-9-14(23)3/h11,13-14,16-17H,5-10,12H2,1-4H3,(H,20,21,24)/t13-,14-,16-,17+/m0/s1. The Hall–Kier alpha value is -1.40. The number of nitrogens with one attached hydrogen (secondary N) is 1. The Labute approximate surface area is 150 Å². The zero-order valence-electron chi connectivity index (χ0n) is 16.0. The maximum Gasteiger partial charge on any atom is 0.242 e. The van der Waals surface area contributed by atoms with Crippen molar-refractivity contribution >= 4 is 11.7 Å². The van der Waals surface area contributed by atoms with E-state index in [1.165, 1.54) is 19.3 Å². The number of aromatic nitrogens is 1. The molecule has 0 radical (unpaired) electrons. The number of carbonyl (C=O) groups excluding carboxylic acids is 1. The van der Waals surface area contributed by atoms with E-state index in [1.54, 1.807) is 6.07 Å². The van der Waals surface area contributed by atoms with Gasteiger partial charge in [0.1, 0.15) is 5.76 Å². The molecule has 1 amide bonds. The summed E-state index contributed by atoms with van der Waals surface area (Å²) in [6, 6.07) is 3.54. The molecule has 0 unspecified atom stereocenters. The number of likely N-dealkylation sites (tertiary alicyclic amines) is 2. The van der Waals surface area contributed by atoms with Gasteiger partial charge in [-0.2, -0.15) is 0 Å². The molecule has 4 atom stereocenters. The first kappa shape index (κ1) is 18.4. The van der Waals surface area contributed by atoms with E-state index < -0.39 is 0 Å². The molecule has 0 aromatic carbocycles. The summed E-state index contributed by atoms with van der Waals surface area (Å²) in [5.74, 6) is 1.24. The van der Waals surface area contributed by atoms with Gasteiger partial charge in [0, 0.05) is 30.7 Å². The van der Waals surface area contributed by atoms with Crippen LogP contribution < -0.4 is 5.32 Å². The van der Waals surface area contributed by atoms with Crippen LogP contribution in [0.4, 0.5) is 5.82 Å². The van der Waals surface area contributed by atoms with Crippen LogP contribution in [-0.4, -0.2) is 58.1 Å². The third-order valence-electron chi connectivity index (χ3n) is 5.88. The fourth-order valence-electron chi connectivity index (χ4n) is 4.69. The minimum absolute atomic E-state index is 0.0268. The molecule has 1 N–H and O–H groups in total. The SMILES string of the molecule is CC[C@H](C(=O)Nc1cc(C)on1)N1CCC[C@H](N2[C@@H](C)CC[C@@H]2C)C1. The molecule has 2 aliphatic heterocycles. The molecule has 1 aromatic heterocycles. The first-order valence-corrected chi connectivity index (χ1v) is 9.75. The Morgan fingerprint density at radius 2 is 2.08 bits per heavy atom. The molecule has 0 bridgehead atoms. The lowest BCUT2D eigenvalue weighted by Gasteiger charge is -2.43. The van der Waals surface area contributed by atoms with Crippen molar-refractivity contribution in [2.45, 2.75) is 84.0 Å². The predicted molar refractivity (Wildman–Crippen MR) is 98.5 cm³/mol. The van der Waals surface area contributed by atoms with Crippen molar-refractivity contribution in [2.24, 2.45) is 0 Å². The lowest BCUT2D eigenvalue weighted by Crippen LogP contribution is -2.55. The second kappa shape index (κ2) is 7.87. The second-order valence-electron chi connectivity index (χ2n) is 7.75. The highest BCUT2D eigenvalue weighted by atomic mass is 16.5. The van der Waals surface area contributed by atoms with Crippen molar-refractivity contribution in [2.75, 3.05) is 18.4 Å². The Morgan fingerprint density at radius 3 is 2.68 bits per heavy atom. The van der Waals surface area contributed by atoms with Crippen molar-refractivity contribution in [3.05, 3.63) is 11.8 Å². The van der Waals surface area contributed by atoms with Crippen LogP contribution in [0.1, 0.15) is 58.6 Å². The lowest BCUT2D eigenvalue weighted by atomic mass is 9.99. The van der Waals surface area contributed by atoms with Gasteiger partial charge in [0.25, 0.3) is 0 Å². The molecule has 0 saturated carbocycles. The highest BCUT2D eigenvalue weighted by molar-refractivity contribution is 5.94. The summed E-state index contributed by atoms with van der Waals surface area (Å²) < 4.78 is 5.05. The molecule has 0 aliphatic carbocycles. The number of piperidine rings is 1. The van der Waals surface area contributed by atoms with Crippen LogP contribution in [0, 0.1) is 6.92 Å². The predicted octanol–water partition coefficient (Wildman–Crippen LogP) is 3.04. The third kappa shape index (κ3) is 4.06. The van der Waals surface area contributed by atoms with E-state index in [0.29, 0.717) is 29.7 Å². The number of hydrogen-bond donors (Lipinski definition) is 1. The summed E-state index contributed by atoms with van der Waals surface area (Å²) in [6.07, 6.45) is 5.79. The van der Waals surface area contributed by atoms with Crippen molar-refractivity contribution in [3.8, 4) is 0 Å². The van der Waals surface area contributed by atoms with E-state index in [-0.39, 0.29) is 11.9 Å². The summed E-state index contributed by atoms with van der Waals surface area (Å²) >= 11 is 0. The van der Waals surface area contributed by atoms with Crippen LogP contribution in [0.15, 0.2) is 10.6 Å². The summed E-state index contributed by atoms with van der Waals surface area (Å²) in [6.45, 7) is 10.6. The first-order chi connectivity index (χ1) is 12.0. The van der Waals surface area contributed by atoms with Crippen LogP contribution in [0.5, 0.6) is 0 Å². The van der Waals surface area contributed by atoms with Crippen LogP contribution >= 0.6 is 0 Å². The molecular formula is C19H32N4O2. The van der Waals surface area contributed by atoms with Crippen molar-refractivity contribution in [3.63, 3.8) is 0 Å². The molecule has 0 spiro atoms. The molecule has 25 heavy (non-hydrogen) atoms. The first-order valence-electron chi connectivity index (χ1n) is 9.75. The number of rotatable bonds is 5. The Balaban J connectivity index is 1.64. The van der Waals surface area contributed by atoms with E-state index >= 15 is 0 Å². The highest BCUT2D eigenvalue weighted by Gasteiger charge is 2.37. The van der Waals surface area contributed by atoms with Gasteiger partial charge in [-0.1, -0.05) is 12.1 Å². The van der Waals surface area contributed by atoms with Gasteiger partial charge in [-0.3, -0.25) is 14.6 Å². The fraction of sp³-hybridized carbons (Fsp3) is 0.789. The molecule has 2 aliphatic rings. The largest absolute Gasteiger partial charge is 0.360 e. The molecule has 6 nitrogen and oxygen atoms in total. The quantitative estimate of drug-likeness (QED) is 0.886. The maximum absolute atomic E-state index is 12.8. The van der Waals surface area contributed by atoms with Gasteiger partial charge in [0.05, 0.1) is 6.04 Å². The average molecular weight is 348 g/mol. The normalized spacial score (nSPS) is 29.7. The maximum atomic E-state index is 12.8. The van der Waals surface area contributed by atoms with Crippen molar-refractivity contribution < 1.29 is 9.32 Å². The number of anilines is 1. The summed E-state index contributed by atoms with van der Waals surface area (Å²) in [5.41, 5.74) is 0. The Bertz CT molecular complexity index is 578. The summed E-state index contributed by atoms with van der Waals surface area (Å²) in [4.78, 5) is 17.8. The molecule has 140 valence electrons. The third-order valence-corrected chi connectivity index (χ3v) is 5.88. The zero-order valence-corrected chi connectivity index (χ0v) is 16.0. The second-order valence-corrected chi connectivity index (χ2v) is 7.75. The van der Waals surface area contributed by atoms with Gasteiger partial charge in [0.2, 0.25) is 5.91 Å². The minimum atomic E-state index is -0.104. The number of amides is 1. The van der Waals surface area contributed by atoms with Gasteiger partial charge in [0.15, 0.2) is 5.82 Å². The lowest BCUT2D eigenvalue weighted by molar-refractivity contribution is -0.122. The number of hydrogen-bond acceptors (Lipinski definition) is 5. The van der Waals surface area contributed by atoms with E-state index in [1.807, 2.05) is 6.92 Å². The topological polar surface area (TPSA) is 61.6 Å². The summed E-state index contributed by atoms with van der Waals surface area (Å²) in [5, 5.41) is 6.80. The molecule has 1 aromatic rings. The molecule has 2 saturated heterocycles. The highest BCUT2D eigenvalue weighted by Crippen LogP contribution is 2.30. The molecule has 6 heteroatoms. The van der Waals surface area contributed by atoms with E-state index in [0.717, 1.165) is 25.9 Å². The summed E-state index contributed by atoms with van der Waals surface area (Å²) in [7, 11) is 0. The van der Waals surface area contributed by atoms with Crippen molar-refractivity contribution in [1.29, 1.82) is 0 Å². The minimum Gasteiger partial charge on any atom is -0.360 e. The number of aryl methyl sites for hydroxylation is 1. The van der Waals surface area contributed by atoms with Gasteiger partial charge in [-0.05, 0) is 59.4 Å². The molecule has 3 heterocycles. The number of nitrogens with zero attached hydrogens (tertiary/aromatic N) is 3. The molecule has 2 fully saturated rings. The molecule has 3 rings (SSSR count). The fourth-order valence-corrected chi connectivity index (χ4v) is 4.69. The van der Waals surface area contributed by atoms with Gasteiger partial charge < -0.3 is 9.84 Å². The van der Waals surface area contributed by atoms with Crippen LogP contribution in [-0.2, 0) is 4.79 Å². The average Bonchev–Trinajstić information content (AvgIpc) is 3.13.